The molecule has 0 saturated carbocycles. The van der Waals surface area contributed by atoms with Gasteiger partial charge in [-0.1, -0.05) is 19.1 Å². The fraction of sp³-hybridized carbons (Fsp3) is 0.600. The largest absolute Gasteiger partial charge is 0.316 e. The number of halogens is 1. The van der Waals surface area contributed by atoms with Crippen LogP contribution >= 0.6 is 11.8 Å². The molecule has 0 heterocycles. The fourth-order valence-corrected chi connectivity index (χ4v) is 3.09. The molecule has 0 bridgehead atoms. The van der Waals surface area contributed by atoms with E-state index in [0.29, 0.717) is 12.6 Å². The zero-order chi connectivity index (χ0) is 14.3. The van der Waals surface area contributed by atoms with Crippen molar-refractivity contribution in [3.8, 4) is 0 Å². The van der Waals surface area contributed by atoms with E-state index >= 15 is 0 Å². The molecule has 2 nitrogen and oxygen atoms in total. The first-order valence-corrected chi connectivity index (χ1v) is 8.12. The van der Waals surface area contributed by atoms with Crippen molar-refractivity contribution < 1.29 is 4.39 Å². The molecule has 1 rings (SSSR count). The van der Waals surface area contributed by atoms with Crippen LogP contribution in [0.2, 0.25) is 0 Å². The van der Waals surface area contributed by atoms with Crippen LogP contribution in [0.25, 0.3) is 0 Å². The monoisotopic (exact) mass is 284 g/mol. The molecular formula is C15H25FN2S. The Morgan fingerprint density at radius 3 is 2.74 bits per heavy atom. The van der Waals surface area contributed by atoms with Crippen molar-refractivity contribution in [3.63, 3.8) is 0 Å². The highest BCUT2D eigenvalue weighted by molar-refractivity contribution is 7.98. The molecule has 0 aliphatic heterocycles. The third kappa shape index (κ3) is 5.13. The molecule has 1 N–H and O–H groups in total. The van der Waals surface area contributed by atoms with Crippen LogP contribution in [0.4, 0.5) is 4.39 Å². The Morgan fingerprint density at radius 2 is 2.16 bits per heavy atom. The predicted octanol–water partition coefficient (Wildman–Crippen LogP) is 3.12. The van der Waals surface area contributed by atoms with Gasteiger partial charge in [0.25, 0.3) is 0 Å². The van der Waals surface area contributed by atoms with Crippen LogP contribution in [-0.2, 0) is 13.1 Å². The molecule has 1 unspecified atom stereocenters. The van der Waals surface area contributed by atoms with E-state index in [2.05, 4.69) is 30.4 Å². The summed E-state index contributed by atoms with van der Waals surface area (Å²) in [5, 5.41) is 3.10. The molecule has 108 valence electrons. The zero-order valence-corrected chi connectivity index (χ0v) is 13.2. The molecule has 0 radical (unpaired) electrons. The van der Waals surface area contributed by atoms with Crippen LogP contribution in [-0.4, -0.2) is 37.0 Å². The van der Waals surface area contributed by atoms with Gasteiger partial charge in [0.05, 0.1) is 0 Å². The van der Waals surface area contributed by atoms with Gasteiger partial charge in [-0.25, -0.2) is 4.39 Å². The highest BCUT2D eigenvalue weighted by atomic mass is 32.2. The normalized spacial score (nSPS) is 12.9. The van der Waals surface area contributed by atoms with Crippen molar-refractivity contribution in [3.05, 3.63) is 35.1 Å². The lowest BCUT2D eigenvalue weighted by Gasteiger charge is -2.27. The number of nitrogens with zero attached hydrogens (tertiary/aromatic N) is 1. The van der Waals surface area contributed by atoms with Crippen LogP contribution in [0, 0.1) is 5.82 Å². The van der Waals surface area contributed by atoms with Gasteiger partial charge >= 0.3 is 0 Å². The summed E-state index contributed by atoms with van der Waals surface area (Å²) in [5.74, 6) is 0.982. The number of nitrogens with one attached hydrogen (secondary N) is 1. The first kappa shape index (κ1) is 16.5. The molecule has 1 aromatic carbocycles. The van der Waals surface area contributed by atoms with Crippen LogP contribution in [0.5, 0.6) is 0 Å². The van der Waals surface area contributed by atoms with E-state index in [1.54, 1.807) is 6.07 Å². The van der Waals surface area contributed by atoms with E-state index in [9.17, 15) is 4.39 Å². The summed E-state index contributed by atoms with van der Waals surface area (Å²) in [5.41, 5.74) is 1.92. The molecule has 0 spiro atoms. The van der Waals surface area contributed by atoms with Gasteiger partial charge in [0.2, 0.25) is 0 Å². The number of hydrogen-bond donors (Lipinski definition) is 1. The highest BCUT2D eigenvalue weighted by Gasteiger charge is 2.14. The second-order valence-electron chi connectivity index (χ2n) is 4.89. The van der Waals surface area contributed by atoms with Crippen molar-refractivity contribution in [1.29, 1.82) is 0 Å². The molecule has 0 aromatic heterocycles. The molecule has 0 aliphatic rings. The Hall–Kier alpha value is -0.580. The number of benzene rings is 1. The lowest BCUT2D eigenvalue weighted by molar-refractivity contribution is 0.244. The minimum atomic E-state index is -0.106. The third-order valence-electron chi connectivity index (χ3n) is 3.36. The van der Waals surface area contributed by atoms with E-state index in [0.717, 1.165) is 29.8 Å². The van der Waals surface area contributed by atoms with E-state index in [4.69, 9.17) is 0 Å². The lowest BCUT2D eigenvalue weighted by Crippen LogP contribution is -2.33. The Bertz CT molecular complexity index is 384. The first-order chi connectivity index (χ1) is 9.12. The van der Waals surface area contributed by atoms with Gasteiger partial charge in [0, 0.05) is 30.4 Å². The van der Waals surface area contributed by atoms with E-state index in [1.165, 1.54) is 0 Å². The maximum atomic E-state index is 13.9. The second kappa shape index (κ2) is 8.56. The molecule has 0 aliphatic carbocycles. The Balaban J connectivity index is 2.76. The molecule has 1 aromatic rings. The molecular weight excluding hydrogens is 259 g/mol. The minimum Gasteiger partial charge on any atom is -0.316 e. The maximum absolute atomic E-state index is 13.9. The smallest absolute Gasteiger partial charge is 0.127 e. The molecule has 4 heteroatoms. The maximum Gasteiger partial charge on any atom is 0.127 e. The summed E-state index contributed by atoms with van der Waals surface area (Å²) >= 11 is 1.84. The summed E-state index contributed by atoms with van der Waals surface area (Å²) in [6.45, 7) is 3.63. The summed E-state index contributed by atoms with van der Waals surface area (Å²) in [4.78, 5) is 2.25. The molecule has 19 heavy (non-hydrogen) atoms. The topological polar surface area (TPSA) is 15.3 Å². The van der Waals surface area contributed by atoms with Gasteiger partial charge in [0.1, 0.15) is 5.82 Å². The Kier molecular flexibility index (Phi) is 7.42. The third-order valence-corrected chi connectivity index (χ3v) is 4.08. The Labute approximate surface area is 120 Å². The van der Waals surface area contributed by atoms with Crippen molar-refractivity contribution in [2.75, 3.05) is 26.1 Å². The van der Waals surface area contributed by atoms with Gasteiger partial charge in [-0.15, -0.1) is 0 Å². The standard InChI is InChI=1S/C15H25FN2S/c1-5-14(11-19-4)18(3)10-13-8-12(9-17-2)6-7-15(13)16/h6-8,14,17H,5,9-11H2,1-4H3. The highest BCUT2D eigenvalue weighted by Crippen LogP contribution is 2.16. The van der Waals surface area contributed by atoms with Crippen molar-refractivity contribution >= 4 is 11.8 Å². The quantitative estimate of drug-likeness (QED) is 0.789. The molecule has 0 amide bonds. The van der Waals surface area contributed by atoms with Crippen LogP contribution in [0.3, 0.4) is 0 Å². The van der Waals surface area contributed by atoms with Crippen LogP contribution < -0.4 is 5.32 Å². The fourth-order valence-electron chi connectivity index (χ4n) is 2.21. The summed E-state index contributed by atoms with van der Waals surface area (Å²) in [7, 11) is 3.98. The summed E-state index contributed by atoms with van der Waals surface area (Å²) < 4.78 is 13.9. The summed E-state index contributed by atoms with van der Waals surface area (Å²) in [6, 6.07) is 5.89. The van der Waals surface area contributed by atoms with Gasteiger partial charge in [-0.2, -0.15) is 11.8 Å². The van der Waals surface area contributed by atoms with E-state index < -0.39 is 0 Å². The lowest BCUT2D eigenvalue weighted by atomic mass is 10.1. The average molecular weight is 284 g/mol. The predicted molar refractivity (Wildman–Crippen MR) is 83.1 cm³/mol. The van der Waals surface area contributed by atoms with Gasteiger partial charge < -0.3 is 5.32 Å². The van der Waals surface area contributed by atoms with Crippen molar-refractivity contribution in [1.82, 2.24) is 10.2 Å². The zero-order valence-electron chi connectivity index (χ0n) is 12.4. The first-order valence-electron chi connectivity index (χ1n) is 6.73. The van der Waals surface area contributed by atoms with Crippen LogP contribution in [0.1, 0.15) is 24.5 Å². The molecule has 1 atom stereocenters. The van der Waals surface area contributed by atoms with Crippen molar-refractivity contribution in [2.45, 2.75) is 32.5 Å². The minimum absolute atomic E-state index is 0.106. The summed E-state index contributed by atoms with van der Waals surface area (Å²) in [6.07, 6.45) is 3.21. The van der Waals surface area contributed by atoms with Gasteiger partial charge in [0.15, 0.2) is 0 Å². The number of rotatable bonds is 8. The van der Waals surface area contributed by atoms with E-state index in [-0.39, 0.29) is 5.82 Å². The molecule has 0 fully saturated rings. The van der Waals surface area contributed by atoms with Gasteiger partial charge in [-0.3, -0.25) is 4.90 Å². The number of thioether (sulfide) groups is 1. The van der Waals surface area contributed by atoms with Crippen LogP contribution in [0.15, 0.2) is 18.2 Å². The SMILES string of the molecule is CCC(CSC)N(C)Cc1cc(CNC)ccc1F. The Morgan fingerprint density at radius 1 is 1.42 bits per heavy atom. The van der Waals surface area contributed by atoms with Crippen molar-refractivity contribution in [2.24, 2.45) is 0 Å². The average Bonchev–Trinajstić information content (AvgIpc) is 2.40. The molecule has 0 saturated heterocycles. The second-order valence-corrected chi connectivity index (χ2v) is 5.80. The number of hydrogen-bond acceptors (Lipinski definition) is 3. The van der Waals surface area contributed by atoms with Gasteiger partial charge in [-0.05, 0) is 38.4 Å². The van der Waals surface area contributed by atoms with E-state index in [1.807, 2.05) is 30.9 Å².